The molecule has 158 valence electrons. The van der Waals surface area contributed by atoms with Crippen LogP contribution >= 0.6 is 46.1 Å². The van der Waals surface area contributed by atoms with Crippen molar-refractivity contribution in [3.63, 3.8) is 0 Å². The smallest absolute Gasteiger partial charge is 0.348 e. The highest BCUT2D eigenvalue weighted by Gasteiger charge is 2.24. The first-order valence-corrected chi connectivity index (χ1v) is 11.6. The number of fused-ring (bicyclic) bond motifs is 1. The van der Waals surface area contributed by atoms with Gasteiger partial charge in [-0.15, -0.1) is 11.3 Å². The zero-order valence-corrected chi connectivity index (χ0v) is 19.3. The van der Waals surface area contributed by atoms with Gasteiger partial charge in [-0.1, -0.05) is 41.2 Å². The molecule has 0 spiro atoms. The summed E-state index contributed by atoms with van der Waals surface area (Å²) in [5.41, 5.74) is 0.863. The van der Waals surface area contributed by atoms with E-state index >= 15 is 0 Å². The molecule has 0 aliphatic heterocycles. The van der Waals surface area contributed by atoms with Crippen LogP contribution in [0.1, 0.15) is 52.9 Å². The molecule has 0 unspecified atom stereocenters. The third-order valence-electron chi connectivity index (χ3n) is 5.40. The summed E-state index contributed by atoms with van der Waals surface area (Å²) < 4.78 is 7.10. The van der Waals surface area contributed by atoms with E-state index in [0.29, 0.717) is 41.3 Å². The molecule has 0 saturated heterocycles. The molecule has 0 atom stereocenters. The van der Waals surface area contributed by atoms with Crippen molar-refractivity contribution in [3.8, 4) is 0 Å². The van der Waals surface area contributed by atoms with Gasteiger partial charge in [0.25, 0.3) is 5.56 Å². The second kappa shape index (κ2) is 8.87. The first kappa shape index (κ1) is 21.6. The minimum absolute atomic E-state index is 0.0485. The quantitative estimate of drug-likeness (QED) is 0.323. The van der Waals surface area contributed by atoms with Crippen molar-refractivity contribution in [2.45, 2.75) is 51.7 Å². The number of halogens is 3. The number of hydrogen-bond donors (Lipinski definition) is 0. The minimum Gasteiger partial charge on any atom is -0.458 e. The second-order valence-electron chi connectivity index (χ2n) is 7.40. The van der Waals surface area contributed by atoms with Crippen molar-refractivity contribution in [1.82, 2.24) is 9.55 Å². The Labute approximate surface area is 192 Å². The van der Waals surface area contributed by atoms with Gasteiger partial charge in [0.2, 0.25) is 0 Å². The van der Waals surface area contributed by atoms with E-state index in [1.165, 1.54) is 28.7 Å². The second-order valence-corrected chi connectivity index (χ2v) is 9.59. The maximum atomic E-state index is 13.1. The third kappa shape index (κ3) is 4.11. The number of rotatable bonds is 4. The number of ether oxygens (including phenoxy) is 1. The van der Waals surface area contributed by atoms with E-state index in [1.54, 1.807) is 19.1 Å². The lowest BCUT2D eigenvalue weighted by molar-refractivity contribution is 0.0216. The van der Waals surface area contributed by atoms with E-state index in [2.05, 4.69) is 4.98 Å². The lowest BCUT2D eigenvalue weighted by atomic mass is 9.98. The maximum absolute atomic E-state index is 13.1. The number of carbonyl (C=O) groups excluding carboxylic acids is 1. The van der Waals surface area contributed by atoms with Gasteiger partial charge >= 0.3 is 5.97 Å². The summed E-state index contributed by atoms with van der Waals surface area (Å²) in [5.74, 6) is -0.380. The molecule has 1 saturated carbocycles. The number of hydrogen-bond acceptors (Lipinski definition) is 5. The Kier molecular flexibility index (Phi) is 6.39. The molecule has 0 N–H and O–H groups in total. The molecule has 1 aliphatic carbocycles. The summed E-state index contributed by atoms with van der Waals surface area (Å²) in [6.45, 7) is 1.88. The van der Waals surface area contributed by atoms with Crippen LogP contribution in [0.15, 0.2) is 23.3 Å². The fourth-order valence-electron chi connectivity index (χ4n) is 3.74. The fourth-order valence-corrected chi connectivity index (χ4v) is 5.43. The molecule has 9 heteroatoms. The van der Waals surface area contributed by atoms with Crippen LogP contribution in [0.3, 0.4) is 0 Å². The van der Waals surface area contributed by atoms with Crippen LogP contribution in [0, 0.1) is 6.92 Å². The molecule has 0 bridgehead atoms. The van der Waals surface area contributed by atoms with Gasteiger partial charge in [0, 0.05) is 10.6 Å². The molecule has 30 heavy (non-hydrogen) atoms. The predicted octanol–water partition coefficient (Wildman–Crippen LogP) is 6.26. The van der Waals surface area contributed by atoms with Crippen molar-refractivity contribution in [2.75, 3.05) is 0 Å². The number of aromatic nitrogens is 2. The fraction of sp³-hybridized carbons (Fsp3) is 0.381. The number of esters is 1. The van der Waals surface area contributed by atoms with Gasteiger partial charge < -0.3 is 4.74 Å². The van der Waals surface area contributed by atoms with Crippen molar-refractivity contribution >= 4 is 62.3 Å². The van der Waals surface area contributed by atoms with Crippen LogP contribution in [0.25, 0.3) is 10.2 Å². The van der Waals surface area contributed by atoms with Crippen molar-refractivity contribution < 1.29 is 9.53 Å². The Bertz CT molecular complexity index is 1180. The van der Waals surface area contributed by atoms with E-state index in [4.69, 9.17) is 39.5 Å². The highest BCUT2D eigenvalue weighted by molar-refractivity contribution is 7.20. The van der Waals surface area contributed by atoms with Crippen molar-refractivity contribution in [1.29, 1.82) is 0 Å². The van der Waals surface area contributed by atoms with Gasteiger partial charge in [-0.3, -0.25) is 9.36 Å². The Morgan fingerprint density at radius 1 is 1.20 bits per heavy atom. The van der Waals surface area contributed by atoms with Crippen LogP contribution in [0.5, 0.6) is 0 Å². The standard InChI is InChI=1S/C21H19Cl3N2O3S/c1-11-16-19(30-18(11)21(28)29-12-5-3-2-4-6-12)25-10-26(20(16)27)9-13-14(22)7-8-15(23)17(13)24/h7-8,10,12H,2-6,9H2,1H3. The number of benzene rings is 1. The normalized spacial score (nSPS) is 14.9. The summed E-state index contributed by atoms with van der Waals surface area (Å²) in [7, 11) is 0. The number of nitrogens with zero attached hydrogens (tertiary/aromatic N) is 2. The van der Waals surface area contributed by atoms with Gasteiger partial charge in [-0.25, -0.2) is 9.78 Å². The molecular formula is C21H19Cl3N2O3S. The average Bonchev–Trinajstić information content (AvgIpc) is 3.08. The summed E-state index contributed by atoms with van der Waals surface area (Å²) in [6, 6.07) is 3.24. The molecule has 1 aromatic carbocycles. The van der Waals surface area contributed by atoms with Crippen molar-refractivity contribution in [2.24, 2.45) is 0 Å². The first-order chi connectivity index (χ1) is 14.4. The van der Waals surface area contributed by atoms with E-state index < -0.39 is 0 Å². The zero-order valence-electron chi connectivity index (χ0n) is 16.2. The molecule has 1 aliphatic rings. The number of thiophene rings is 1. The lowest BCUT2D eigenvalue weighted by Gasteiger charge is -2.21. The van der Waals surface area contributed by atoms with E-state index in [-0.39, 0.29) is 24.2 Å². The molecular weight excluding hydrogens is 467 g/mol. The van der Waals surface area contributed by atoms with Gasteiger partial charge in [-0.2, -0.15) is 0 Å². The number of aryl methyl sites for hydroxylation is 1. The predicted molar refractivity (Wildman–Crippen MR) is 121 cm³/mol. The molecule has 2 aromatic heterocycles. The summed E-state index contributed by atoms with van der Waals surface area (Å²) in [6.07, 6.45) is 6.50. The first-order valence-electron chi connectivity index (χ1n) is 9.68. The van der Waals surface area contributed by atoms with E-state index in [9.17, 15) is 9.59 Å². The van der Waals surface area contributed by atoms with Crippen LogP contribution in [0.4, 0.5) is 0 Å². The zero-order chi connectivity index (χ0) is 21.4. The monoisotopic (exact) mass is 484 g/mol. The largest absolute Gasteiger partial charge is 0.458 e. The van der Waals surface area contributed by atoms with Crippen molar-refractivity contribution in [3.05, 3.63) is 59.9 Å². The molecule has 3 aromatic rings. The molecule has 0 amide bonds. The molecule has 0 radical (unpaired) electrons. The third-order valence-corrected chi connectivity index (χ3v) is 7.77. The lowest BCUT2D eigenvalue weighted by Crippen LogP contribution is -2.22. The van der Waals surface area contributed by atoms with Crippen LogP contribution in [-0.4, -0.2) is 21.6 Å². The van der Waals surface area contributed by atoms with Crippen LogP contribution < -0.4 is 5.56 Å². The topological polar surface area (TPSA) is 61.2 Å². The molecule has 5 nitrogen and oxygen atoms in total. The minimum atomic E-state index is -0.380. The summed E-state index contributed by atoms with van der Waals surface area (Å²) in [4.78, 5) is 31.2. The van der Waals surface area contributed by atoms with E-state index in [1.807, 2.05) is 0 Å². The SMILES string of the molecule is Cc1c(C(=O)OC2CCCCC2)sc2ncn(Cc3c(Cl)ccc(Cl)c3Cl)c(=O)c12. The molecule has 4 rings (SSSR count). The average molecular weight is 486 g/mol. The highest BCUT2D eigenvalue weighted by Crippen LogP contribution is 2.33. The van der Waals surface area contributed by atoms with Gasteiger partial charge in [0.15, 0.2) is 0 Å². The highest BCUT2D eigenvalue weighted by atomic mass is 35.5. The van der Waals surface area contributed by atoms with Crippen LogP contribution in [0.2, 0.25) is 15.1 Å². The van der Waals surface area contributed by atoms with Crippen LogP contribution in [-0.2, 0) is 11.3 Å². The molecule has 1 fully saturated rings. The van der Waals surface area contributed by atoms with Gasteiger partial charge in [0.1, 0.15) is 15.8 Å². The summed E-state index contributed by atoms with van der Waals surface area (Å²) in [5, 5.41) is 1.48. The van der Waals surface area contributed by atoms with Gasteiger partial charge in [-0.05, 0) is 50.3 Å². The van der Waals surface area contributed by atoms with E-state index in [0.717, 1.165) is 25.7 Å². The Hall–Kier alpha value is -1.60. The van der Waals surface area contributed by atoms with Gasteiger partial charge in [0.05, 0.1) is 28.3 Å². The Morgan fingerprint density at radius 3 is 2.63 bits per heavy atom. The number of carbonyl (C=O) groups is 1. The Morgan fingerprint density at radius 2 is 1.90 bits per heavy atom. The Balaban J connectivity index is 1.68. The maximum Gasteiger partial charge on any atom is 0.348 e. The summed E-state index contributed by atoms with van der Waals surface area (Å²) >= 11 is 19.8. The molecule has 2 heterocycles.